The zero-order valence-corrected chi connectivity index (χ0v) is 11.9. The Bertz CT molecular complexity index is 392. The van der Waals surface area contributed by atoms with Crippen LogP contribution in [0.4, 0.5) is 5.13 Å². The SMILES string of the molecule is CCCc1nsc(NC2CCN3CCCC3C2)n1. The lowest BCUT2D eigenvalue weighted by molar-refractivity contribution is 0.188. The maximum Gasteiger partial charge on any atom is 0.202 e. The third kappa shape index (κ3) is 2.67. The fraction of sp³-hybridized carbons (Fsp3) is 0.846. The highest BCUT2D eigenvalue weighted by molar-refractivity contribution is 7.09. The average molecular weight is 266 g/mol. The molecule has 3 rings (SSSR count). The Labute approximate surface area is 113 Å². The van der Waals surface area contributed by atoms with Crippen molar-refractivity contribution in [3.63, 3.8) is 0 Å². The lowest BCUT2D eigenvalue weighted by Crippen LogP contribution is -2.42. The van der Waals surface area contributed by atoms with E-state index in [-0.39, 0.29) is 0 Å². The molecule has 4 nitrogen and oxygen atoms in total. The monoisotopic (exact) mass is 266 g/mol. The molecule has 1 N–H and O–H groups in total. The van der Waals surface area contributed by atoms with Gasteiger partial charge in [0.05, 0.1) is 0 Å². The molecule has 18 heavy (non-hydrogen) atoms. The van der Waals surface area contributed by atoms with E-state index < -0.39 is 0 Å². The highest BCUT2D eigenvalue weighted by atomic mass is 32.1. The van der Waals surface area contributed by atoms with Crippen molar-refractivity contribution in [2.45, 2.75) is 57.5 Å². The van der Waals surface area contributed by atoms with Gasteiger partial charge < -0.3 is 10.2 Å². The average Bonchev–Trinajstić information content (AvgIpc) is 2.98. The van der Waals surface area contributed by atoms with Gasteiger partial charge in [-0.15, -0.1) is 0 Å². The summed E-state index contributed by atoms with van der Waals surface area (Å²) in [5, 5.41) is 4.61. The van der Waals surface area contributed by atoms with Crippen molar-refractivity contribution in [2.24, 2.45) is 0 Å². The molecule has 2 aliphatic heterocycles. The van der Waals surface area contributed by atoms with Crippen molar-refractivity contribution in [1.29, 1.82) is 0 Å². The van der Waals surface area contributed by atoms with Gasteiger partial charge in [-0.25, -0.2) is 4.98 Å². The second kappa shape index (κ2) is 5.53. The predicted molar refractivity (Wildman–Crippen MR) is 75.1 cm³/mol. The van der Waals surface area contributed by atoms with Crippen LogP contribution in [0.5, 0.6) is 0 Å². The van der Waals surface area contributed by atoms with Crippen LogP contribution in [0, 0.1) is 0 Å². The van der Waals surface area contributed by atoms with Gasteiger partial charge in [-0.2, -0.15) is 4.37 Å². The van der Waals surface area contributed by atoms with Crippen LogP contribution < -0.4 is 5.32 Å². The quantitative estimate of drug-likeness (QED) is 0.909. The molecule has 0 aliphatic carbocycles. The van der Waals surface area contributed by atoms with E-state index in [4.69, 9.17) is 0 Å². The van der Waals surface area contributed by atoms with E-state index in [2.05, 4.69) is 26.5 Å². The van der Waals surface area contributed by atoms with Crippen LogP contribution in [-0.4, -0.2) is 39.4 Å². The van der Waals surface area contributed by atoms with E-state index in [1.165, 1.54) is 50.3 Å². The van der Waals surface area contributed by atoms with E-state index in [9.17, 15) is 0 Å². The molecule has 0 aromatic carbocycles. The molecule has 2 fully saturated rings. The highest BCUT2D eigenvalue weighted by Gasteiger charge is 2.31. The molecule has 5 heteroatoms. The molecule has 3 heterocycles. The molecule has 0 radical (unpaired) electrons. The third-order valence-corrected chi connectivity index (χ3v) is 4.77. The lowest BCUT2D eigenvalue weighted by atomic mass is 9.98. The fourth-order valence-electron chi connectivity index (χ4n) is 3.17. The smallest absolute Gasteiger partial charge is 0.202 e. The Hall–Kier alpha value is -0.680. The van der Waals surface area contributed by atoms with E-state index >= 15 is 0 Å². The summed E-state index contributed by atoms with van der Waals surface area (Å²) in [7, 11) is 0. The second-order valence-electron chi connectivity index (χ2n) is 5.46. The van der Waals surface area contributed by atoms with Gasteiger partial charge in [0.2, 0.25) is 5.13 Å². The Morgan fingerprint density at radius 3 is 3.22 bits per heavy atom. The van der Waals surface area contributed by atoms with E-state index in [0.29, 0.717) is 6.04 Å². The van der Waals surface area contributed by atoms with Gasteiger partial charge in [0.25, 0.3) is 0 Å². The minimum absolute atomic E-state index is 0.603. The van der Waals surface area contributed by atoms with Crippen molar-refractivity contribution in [3.05, 3.63) is 5.82 Å². The molecule has 1 aromatic rings. The van der Waals surface area contributed by atoms with Crippen LogP contribution in [0.15, 0.2) is 0 Å². The van der Waals surface area contributed by atoms with Crippen molar-refractivity contribution >= 4 is 16.7 Å². The summed E-state index contributed by atoms with van der Waals surface area (Å²) in [6, 6.07) is 1.42. The standard InChI is InChI=1S/C13H22N4S/c1-2-4-12-15-13(18-16-12)14-10-6-8-17-7-3-5-11(17)9-10/h10-11H,2-9H2,1H3,(H,14,15,16). The number of rotatable bonds is 4. The summed E-state index contributed by atoms with van der Waals surface area (Å²) in [6.45, 7) is 4.74. The zero-order valence-electron chi connectivity index (χ0n) is 11.1. The van der Waals surface area contributed by atoms with E-state index in [1.54, 1.807) is 0 Å². The van der Waals surface area contributed by atoms with Crippen molar-refractivity contribution < 1.29 is 0 Å². The Kier molecular flexibility index (Phi) is 3.80. The molecule has 2 aliphatic rings. The Morgan fingerprint density at radius 1 is 1.39 bits per heavy atom. The summed E-state index contributed by atoms with van der Waals surface area (Å²) < 4.78 is 4.40. The summed E-state index contributed by atoms with van der Waals surface area (Å²) in [4.78, 5) is 7.22. The number of hydrogen-bond acceptors (Lipinski definition) is 5. The van der Waals surface area contributed by atoms with E-state index in [0.717, 1.165) is 29.8 Å². The van der Waals surface area contributed by atoms with Crippen LogP contribution >= 0.6 is 11.5 Å². The first kappa shape index (κ1) is 12.4. The van der Waals surface area contributed by atoms with Crippen molar-refractivity contribution in [2.75, 3.05) is 18.4 Å². The number of aryl methyl sites for hydroxylation is 1. The number of nitrogens with zero attached hydrogens (tertiary/aromatic N) is 3. The number of nitrogens with one attached hydrogen (secondary N) is 1. The number of piperidine rings is 1. The Balaban J connectivity index is 1.55. The summed E-state index contributed by atoms with van der Waals surface area (Å²) in [5.74, 6) is 1.00. The predicted octanol–water partition coefficient (Wildman–Crippen LogP) is 2.53. The number of aromatic nitrogens is 2. The third-order valence-electron chi connectivity index (χ3n) is 4.09. The summed E-state index contributed by atoms with van der Waals surface area (Å²) in [5.41, 5.74) is 0. The molecule has 0 saturated carbocycles. The first-order valence-corrected chi connectivity index (χ1v) is 7.95. The van der Waals surface area contributed by atoms with Gasteiger partial charge in [0, 0.05) is 36.6 Å². The maximum atomic E-state index is 4.56. The molecule has 100 valence electrons. The largest absolute Gasteiger partial charge is 0.357 e. The minimum atomic E-state index is 0.603. The molecular formula is C13H22N4S. The van der Waals surface area contributed by atoms with Crippen LogP contribution in [0.1, 0.15) is 44.9 Å². The topological polar surface area (TPSA) is 41.1 Å². The molecule has 1 aromatic heterocycles. The number of hydrogen-bond donors (Lipinski definition) is 1. The van der Waals surface area contributed by atoms with Gasteiger partial charge in [0.15, 0.2) is 0 Å². The van der Waals surface area contributed by atoms with E-state index in [1.807, 2.05) is 0 Å². The van der Waals surface area contributed by atoms with Crippen LogP contribution in [-0.2, 0) is 6.42 Å². The second-order valence-corrected chi connectivity index (χ2v) is 6.22. The van der Waals surface area contributed by atoms with Crippen LogP contribution in [0.2, 0.25) is 0 Å². The van der Waals surface area contributed by atoms with Gasteiger partial charge in [-0.1, -0.05) is 6.92 Å². The normalized spacial score (nSPS) is 28.3. The van der Waals surface area contributed by atoms with Crippen LogP contribution in [0.3, 0.4) is 0 Å². The molecule has 2 saturated heterocycles. The molecular weight excluding hydrogens is 244 g/mol. The lowest BCUT2D eigenvalue weighted by Gasteiger charge is -2.34. The summed E-state index contributed by atoms with van der Waals surface area (Å²) >= 11 is 1.52. The molecule has 2 atom stereocenters. The minimum Gasteiger partial charge on any atom is -0.357 e. The molecule has 0 amide bonds. The fourth-order valence-corrected chi connectivity index (χ4v) is 3.86. The van der Waals surface area contributed by atoms with Gasteiger partial charge >= 0.3 is 0 Å². The van der Waals surface area contributed by atoms with Gasteiger partial charge in [-0.05, 0) is 38.6 Å². The highest BCUT2D eigenvalue weighted by Crippen LogP contribution is 2.28. The molecule has 2 unspecified atom stereocenters. The summed E-state index contributed by atoms with van der Waals surface area (Å²) in [6.07, 6.45) is 7.42. The molecule has 0 bridgehead atoms. The van der Waals surface area contributed by atoms with Crippen molar-refractivity contribution in [3.8, 4) is 0 Å². The number of fused-ring (bicyclic) bond motifs is 1. The zero-order chi connectivity index (χ0) is 12.4. The van der Waals surface area contributed by atoms with Gasteiger partial charge in [-0.3, -0.25) is 0 Å². The first-order valence-electron chi connectivity index (χ1n) is 7.18. The first-order chi connectivity index (χ1) is 8.85. The maximum absolute atomic E-state index is 4.56. The van der Waals surface area contributed by atoms with Crippen LogP contribution in [0.25, 0.3) is 0 Å². The Morgan fingerprint density at radius 2 is 2.33 bits per heavy atom. The van der Waals surface area contributed by atoms with Crippen molar-refractivity contribution in [1.82, 2.24) is 14.3 Å². The number of anilines is 1. The van der Waals surface area contributed by atoms with Gasteiger partial charge in [0.1, 0.15) is 5.82 Å². The molecule has 0 spiro atoms.